The van der Waals surface area contributed by atoms with Gasteiger partial charge in [-0.2, -0.15) is 0 Å². The largest absolute Gasteiger partial charge is 0.506 e. The maximum absolute atomic E-state index is 9.50. The third-order valence-electron chi connectivity index (χ3n) is 3.18. The van der Waals surface area contributed by atoms with Crippen molar-refractivity contribution >= 4 is 22.6 Å². The number of phenolic OH excluding ortho intramolecular Hbond substituents is 1. The van der Waals surface area contributed by atoms with Gasteiger partial charge in [0.2, 0.25) is 0 Å². The third-order valence-corrected chi connectivity index (χ3v) is 3.49. The molecule has 1 aromatic heterocycles. The summed E-state index contributed by atoms with van der Waals surface area (Å²) in [6.45, 7) is 0.480. The van der Waals surface area contributed by atoms with Crippen LogP contribution in [0.2, 0.25) is 5.02 Å². The van der Waals surface area contributed by atoms with Crippen LogP contribution in [0.1, 0.15) is 0 Å². The van der Waals surface area contributed by atoms with E-state index in [1.54, 1.807) is 18.2 Å². The molecule has 0 amide bonds. The Morgan fingerprint density at radius 2 is 1.95 bits per heavy atom. The van der Waals surface area contributed by atoms with Crippen LogP contribution in [0.3, 0.4) is 0 Å². The summed E-state index contributed by atoms with van der Waals surface area (Å²) in [4.78, 5) is 4.58. The zero-order chi connectivity index (χ0) is 14.1. The van der Waals surface area contributed by atoms with Crippen LogP contribution >= 0.6 is 11.6 Å². The molecule has 4 nitrogen and oxygen atoms in total. The first-order valence-corrected chi connectivity index (χ1v) is 6.63. The Kier molecular flexibility index (Phi) is 3.34. The van der Waals surface area contributed by atoms with Crippen LogP contribution in [-0.4, -0.2) is 26.4 Å². The molecular formula is C15H13ClN2O2. The van der Waals surface area contributed by atoms with Crippen molar-refractivity contribution in [2.75, 3.05) is 6.61 Å². The Morgan fingerprint density at radius 1 is 1.15 bits per heavy atom. The van der Waals surface area contributed by atoms with Gasteiger partial charge in [-0.25, -0.2) is 4.98 Å². The zero-order valence-electron chi connectivity index (χ0n) is 10.6. The van der Waals surface area contributed by atoms with Crippen molar-refractivity contribution in [2.24, 2.45) is 0 Å². The molecular weight excluding hydrogens is 276 g/mol. The van der Waals surface area contributed by atoms with Crippen LogP contribution in [0.25, 0.3) is 22.4 Å². The number of aromatic nitrogens is 2. The number of phenols is 1. The lowest BCUT2D eigenvalue weighted by Gasteiger charge is -2.08. The molecule has 0 spiro atoms. The summed E-state index contributed by atoms with van der Waals surface area (Å²) in [5.41, 5.74) is 2.62. The first kappa shape index (κ1) is 13.0. The van der Waals surface area contributed by atoms with Gasteiger partial charge in [0.15, 0.2) is 0 Å². The maximum Gasteiger partial charge on any atom is 0.141 e. The lowest BCUT2D eigenvalue weighted by molar-refractivity contribution is 0.278. The van der Waals surface area contributed by atoms with Crippen LogP contribution in [-0.2, 0) is 6.54 Å². The van der Waals surface area contributed by atoms with E-state index in [1.807, 2.05) is 28.8 Å². The lowest BCUT2D eigenvalue weighted by Crippen LogP contribution is -2.04. The fourth-order valence-electron chi connectivity index (χ4n) is 2.27. The molecule has 0 aliphatic rings. The molecule has 0 saturated carbocycles. The van der Waals surface area contributed by atoms with Gasteiger partial charge in [0, 0.05) is 12.1 Å². The molecule has 0 aliphatic carbocycles. The van der Waals surface area contributed by atoms with E-state index in [2.05, 4.69) is 4.98 Å². The number of aliphatic hydroxyl groups is 1. The van der Waals surface area contributed by atoms with E-state index in [4.69, 9.17) is 11.6 Å². The summed E-state index contributed by atoms with van der Waals surface area (Å²) in [7, 11) is 0. The summed E-state index contributed by atoms with van der Waals surface area (Å²) >= 11 is 5.96. The van der Waals surface area contributed by atoms with Crippen molar-refractivity contribution in [3.05, 3.63) is 47.5 Å². The van der Waals surface area contributed by atoms with E-state index in [0.29, 0.717) is 6.54 Å². The lowest BCUT2D eigenvalue weighted by atomic mass is 10.2. The minimum atomic E-state index is 0.0270. The Bertz CT molecular complexity index is 768. The van der Waals surface area contributed by atoms with E-state index in [0.717, 1.165) is 22.4 Å². The van der Waals surface area contributed by atoms with Gasteiger partial charge in [-0.1, -0.05) is 23.7 Å². The van der Waals surface area contributed by atoms with E-state index < -0.39 is 0 Å². The SMILES string of the molecule is OCCn1c(-c2ccc(O)c(Cl)c2)nc2ccccc21. The molecule has 1 heterocycles. The highest BCUT2D eigenvalue weighted by Gasteiger charge is 2.13. The molecule has 3 aromatic rings. The summed E-state index contributed by atoms with van der Waals surface area (Å²) in [5, 5.41) is 19.0. The molecule has 2 aromatic carbocycles. The van der Waals surface area contributed by atoms with E-state index >= 15 is 0 Å². The number of hydrogen-bond donors (Lipinski definition) is 2. The number of halogens is 1. The average molecular weight is 289 g/mol. The van der Waals surface area contributed by atoms with Crippen LogP contribution in [0.4, 0.5) is 0 Å². The number of fused-ring (bicyclic) bond motifs is 1. The van der Waals surface area contributed by atoms with Gasteiger partial charge >= 0.3 is 0 Å². The van der Waals surface area contributed by atoms with Gasteiger partial charge in [0.1, 0.15) is 11.6 Å². The minimum absolute atomic E-state index is 0.0270. The number of rotatable bonds is 3. The summed E-state index contributed by atoms with van der Waals surface area (Å²) < 4.78 is 1.94. The molecule has 2 N–H and O–H groups in total. The maximum atomic E-state index is 9.50. The number of benzene rings is 2. The van der Waals surface area contributed by atoms with E-state index in [9.17, 15) is 10.2 Å². The number of hydrogen-bond acceptors (Lipinski definition) is 3. The number of imidazole rings is 1. The van der Waals surface area contributed by atoms with Gasteiger partial charge in [-0.15, -0.1) is 0 Å². The molecule has 0 fully saturated rings. The van der Waals surface area contributed by atoms with E-state index in [1.165, 1.54) is 0 Å². The molecule has 0 aliphatic heterocycles. The number of aliphatic hydroxyl groups excluding tert-OH is 1. The quantitative estimate of drug-likeness (QED) is 0.779. The van der Waals surface area contributed by atoms with Gasteiger partial charge in [0.25, 0.3) is 0 Å². The van der Waals surface area contributed by atoms with Gasteiger partial charge in [-0.3, -0.25) is 0 Å². The molecule has 0 atom stereocenters. The fraction of sp³-hybridized carbons (Fsp3) is 0.133. The molecule has 0 saturated heterocycles. The smallest absolute Gasteiger partial charge is 0.141 e. The predicted octanol–water partition coefficient (Wildman–Crippen LogP) is 3.05. The summed E-state index contributed by atoms with van der Waals surface area (Å²) in [6, 6.07) is 12.7. The second-order valence-corrected chi connectivity index (χ2v) is 4.87. The van der Waals surface area contributed by atoms with Crippen LogP contribution in [0, 0.1) is 0 Å². The van der Waals surface area contributed by atoms with Gasteiger partial charge in [0.05, 0.1) is 22.7 Å². The van der Waals surface area contributed by atoms with Crippen molar-refractivity contribution in [3.63, 3.8) is 0 Å². The molecule has 0 bridgehead atoms. The first-order chi connectivity index (χ1) is 9.70. The van der Waals surface area contributed by atoms with Crippen molar-refractivity contribution in [1.82, 2.24) is 9.55 Å². The van der Waals surface area contributed by atoms with Crippen LogP contribution in [0.15, 0.2) is 42.5 Å². The Morgan fingerprint density at radius 3 is 2.70 bits per heavy atom. The molecule has 0 unspecified atom stereocenters. The standard InChI is InChI=1S/C15H13ClN2O2/c16-11-9-10(5-6-14(11)20)15-17-12-3-1-2-4-13(12)18(15)7-8-19/h1-6,9,19-20H,7-8H2. The topological polar surface area (TPSA) is 58.3 Å². The average Bonchev–Trinajstić information content (AvgIpc) is 2.82. The highest BCUT2D eigenvalue weighted by atomic mass is 35.5. The Balaban J connectivity index is 2.23. The molecule has 102 valence electrons. The third kappa shape index (κ3) is 2.13. The van der Waals surface area contributed by atoms with E-state index in [-0.39, 0.29) is 17.4 Å². The Labute approximate surface area is 120 Å². The predicted molar refractivity (Wildman–Crippen MR) is 78.9 cm³/mol. The molecule has 5 heteroatoms. The van der Waals surface area contributed by atoms with Crippen molar-refractivity contribution in [2.45, 2.75) is 6.54 Å². The summed E-state index contributed by atoms with van der Waals surface area (Å²) in [5.74, 6) is 0.766. The zero-order valence-corrected chi connectivity index (χ0v) is 11.4. The van der Waals surface area contributed by atoms with Gasteiger partial charge in [-0.05, 0) is 30.3 Å². The fourth-order valence-corrected chi connectivity index (χ4v) is 2.45. The number of nitrogens with zero attached hydrogens (tertiary/aromatic N) is 2. The van der Waals surface area contributed by atoms with Crippen LogP contribution in [0.5, 0.6) is 5.75 Å². The van der Waals surface area contributed by atoms with Crippen molar-refractivity contribution in [3.8, 4) is 17.1 Å². The Hall–Kier alpha value is -2.04. The monoisotopic (exact) mass is 288 g/mol. The van der Waals surface area contributed by atoms with Gasteiger partial charge < -0.3 is 14.8 Å². The summed E-state index contributed by atoms with van der Waals surface area (Å²) in [6.07, 6.45) is 0. The van der Waals surface area contributed by atoms with Crippen LogP contribution < -0.4 is 0 Å². The highest BCUT2D eigenvalue weighted by Crippen LogP contribution is 2.30. The second kappa shape index (κ2) is 5.15. The number of aromatic hydroxyl groups is 1. The number of para-hydroxylation sites is 2. The normalized spacial score (nSPS) is 11.1. The minimum Gasteiger partial charge on any atom is -0.506 e. The first-order valence-electron chi connectivity index (χ1n) is 6.25. The van der Waals surface area contributed by atoms with Crippen molar-refractivity contribution in [1.29, 1.82) is 0 Å². The highest BCUT2D eigenvalue weighted by molar-refractivity contribution is 6.32. The molecule has 20 heavy (non-hydrogen) atoms. The second-order valence-electron chi connectivity index (χ2n) is 4.47. The molecule has 3 rings (SSSR count). The molecule has 0 radical (unpaired) electrons. The van der Waals surface area contributed by atoms with Crippen molar-refractivity contribution < 1.29 is 10.2 Å².